The number of aryl methyl sites for hydroxylation is 1. The summed E-state index contributed by atoms with van der Waals surface area (Å²) in [5.74, 6) is 1.86. The van der Waals surface area contributed by atoms with E-state index in [0.717, 1.165) is 62.5 Å². The quantitative estimate of drug-likeness (QED) is 0.743. The topological polar surface area (TPSA) is 50.8 Å². The van der Waals surface area contributed by atoms with Gasteiger partial charge in [-0.2, -0.15) is 0 Å². The van der Waals surface area contributed by atoms with Gasteiger partial charge in [-0.15, -0.1) is 0 Å². The van der Waals surface area contributed by atoms with Crippen LogP contribution in [0.1, 0.15) is 36.0 Å². The highest BCUT2D eigenvalue weighted by Crippen LogP contribution is 2.27. The van der Waals surface area contributed by atoms with Crippen LogP contribution in [0.2, 0.25) is 0 Å². The Morgan fingerprint density at radius 1 is 0.964 bits per heavy atom. The second-order valence-corrected chi connectivity index (χ2v) is 7.58. The Kier molecular flexibility index (Phi) is 5.81. The second-order valence-electron chi connectivity index (χ2n) is 7.58. The first kappa shape index (κ1) is 18.8. The molecule has 0 saturated heterocycles. The fourth-order valence-electron chi connectivity index (χ4n) is 3.98. The normalized spacial score (nSPS) is 16.1. The molecule has 5 nitrogen and oxygen atoms in total. The maximum atomic E-state index is 11.5. The molecule has 0 bridgehead atoms. The molecule has 0 fully saturated rings. The van der Waals surface area contributed by atoms with Crippen molar-refractivity contribution in [2.24, 2.45) is 0 Å². The van der Waals surface area contributed by atoms with E-state index in [1.54, 1.807) is 7.11 Å². The van der Waals surface area contributed by atoms with Gasteiger partial charge < -0.3 is 14.8 Å². The number of nitrogens with one attached hydrogen (secondary N) is 1. The Bertz CT molecular complexity index is 850. The van der Waals surface area contributed by atoms with Gasteiger partial charge >= 0.3 is 0 Å². The number of benzene rings is 2. The molecule has 0 aliphatic carbocycles. The van der Waals surface area contributed by atoms with Crippen molar-refractivity contribution in [1.29, 1.82) is 0 Å². The van der Waals surface area contributed by atoms with Gasteiger partial charge in [-0.3, -0.25) is 9.69 Å². The number of hydrogen-bond acceptors (Lipinski definition) is 4. The third-order valence-electron chi connectivity index (χ3n) is 5.62. The number of ether oxygens (including phenoxy) is 2. The van der Waals surface area contributed by atoms with Crippen molar-refractivity contribution < 1.29 is 14.3 Å². The van der Waals surface area contributed by atoms with Gasteiger partial charge in [-0.25, -0.2) is 0 Å². The molecule has 2 aromatic carbocycles. The lowest BCUT2D eigenvalue weighted by atomic mass is 9.99. The van der Waals surface area contributed by atoms with Gasteiger partial charge in [-0.1, -0.05) is 12.1 Å². The molecule has 2 aliphatic rings. The maximum Gasteiger partial charge on any atom is 0.224 e. The first-order chi connectivity index (χ1) is 13.7. The van der Waals surface area contributed by atoms with Crippen LogP contribution in [0.5, 0.6) is 11.5 Å². The van der Waals surface area contributed by atoms with E-state index < -0.39 is 0 Å². The molecule has 0 radical (unpaired) electrons. The minimum atomic E-state index is 0.0883. The molecule has 5 heteroatoms. The predicted molar refractivity (Wildman–Crippen MR) is 110 cm³/mol. The van der Waals surface area contributed by atoms with Crippen LogP contribution >= 0.6 is 0 Å². The monoisotopic (exact) mass is 380 g/mol. The molecular weight excluding hydrogens is 352 g/mol. The minimum Gasteiger partial charge on any atom is -0.497 e. The Hall–Kier alpha value is -2.53. The van der Waals surface area contributed by atoms with Crippen molar-refractivity contribution in [2.45, 2.75) is 38.6 Å². The standard InChI is InChI=1S/C23H28N2O3/c1-27-20-7-4-17-10-12-25(16-19(17)14-20)11-2-3-13-28-21-8-5-18-6-9-23(26)24-22(18)15-21/h4-5,7-8,14-15H,2-3,6,9-13,16H2,1H3,(H,24,26). The summed E-state index contributed by atoms with van der Waals surface area (Å²) < 4.78 is 11.2. The van der Waals surface area contributed by atoms with Crippen LogP contribution in [-0.4, -0.2) is 37.6 Å². The average Bonchev–Trinajstić information content (AvgIpc) is 2.72. The van der Waals surface area contributed by atoms with Crippen molar-refractivity contribution in [3.63, 3.8) is 0 Å². The number of methoxy groups -OCH3 is 1. The zero-order valence-electron chi connectivity index (χ0n) is 16.5. The minimum absolute atomic E-state index is 0.0883. The number of unbranched alkanes of at least 4 members (excludes halogenated alkanes) is 1. The number of nitrogens with zero attached hydrogens (tertiary/aromatic N) is 1. The highest BCUT2D eigenvalue weighted by atomic mass is 16.5. The number of carbonyl (C=O) groups is 1. The van der Waals surface area contributed by atoms with Crippen LogP contribution in [0.25, 0.3) is 0 Å². The molecule has 0 spiro atoms. The van der Waals surface area contributed by atoms with Crippen molar-refractivity contribution >= 4 is 11.6 Å². The molecule has 4 rings (SSSR count). The molecule has 28 heavy (non-hydrogen) atoms. The summed E-state index contributed by atoms with van der Waals surface area (Å²) in [6, 6.07) is 12.4. The van der Waals surface area contributed by atoms with Crippen molar-refractivity contribution in [3.05, 3.63) is 53.1 Å². The SMILES string of the molecule is COc1ccc2c(c1)CN(CCCCOc1ccc3c(c1)NC(=O)CC3)CC2. The van der Waals surface area contributed by atoms with Crippen LogP contribution in [-0.2, 0) is 24.2 Å². The summed E-state index contributed by atoms with van der Waals surface area (Å²) in [7, 11) is 1.72. The summed E-state index contributed by atoms with van der Waals surface area (Å²) in [6.45, 7) is 3.90. The first-order valence-corrected chi connectivity index (χ1v) is 10.1. The zero-order valence-corrected chi connectivity index (χ0v) is 16.5. The van der Waals surface area contributed by atoms with E-state index in [-0.39, 0.29) is 5.91 Å². The van der Waals surface area contributed by atoms with Gasteiger partial charge in [0.25, 0.3) is 0 Å². The average molecular weight is 380 g/mol. The summed E-state index contributed by atoms with van der Waals surface area (Å²) >= 11 is 0. The molecule has 0 atom stereocenters. The number of rotatable bonds is 7. The zero-order chi connectivity index (χ0) is 19.3. The van der Waals surface area contributed by atoms with Gasteiger partial charge in [0.1, 0.15) is 11.5 Å². The number of carbonyl (C=O) groups excluding carboxylic acids is 1. The van der Waals surface area contributed by atoms with Crippen LogP contribution in [0.4, 0.5) is 5.69 Å². The summed E-state index contributed by atoms with van der Waals surface area (Å²) in [4.78, 5) is 14.0. The Balaban J connectivity index is 1.20. The number of anilines is 1. The first-order valence-electron chi connectivity index (χ1n) is 10.1. The van der Waals surface area contributed by atoms with E-state index in [4.69, 9.17) is 9.47 Å². The molecule has 0 unspecified atom stereocenters. The lowest BCUT2D eigenvalue weighted by Crippen LogP contribution is -2.31. The third-order valence-corrected chi connectivity index (χ3v) is 5.62. The van der Waals surface area contributed by atoms with E-state index in [9.17, 15) is 4.79 Å². The van der Waals surface area contributed by atoms with Crippen molar-refractivity contribution in [3.8, 4) is 11.5 Å². The molecule has 2 aliphatic heterocycles. The van der Waals surface area contributed by atoms with Crippen molar-refractivity contribution in [1.82, 2.24) is 4.90 Å². The fraction of sp³-hybridized carbons (Fsp3) is 0.435. The lowest BCUT2D eigenvalue weighted by molar-refractivity contribution is -0.116. The Morgan fingerprint density at radius 2 is 1.82 bits per heavy atom. The van der Waals surface area contributed by atoms with Gasteiger partial charge in [0.2, 0.25) is 5.91 Å². The molecule has 1 amide bonds. The Morgan fingerprint density at radius 3 is 2.71 bits per heavy atom. The summed E-state index contributed by atoms with van der Waals surface area (Å²) in [6.07, 6.45) is 4.62. The van der Waals surface area contributed by atoms with Gasteiger partial charge in [0.05, 0.1) is 13.7 Å². The lowest BCUT2D eigenvalue weighted by Gasteiger charge is -2.29. The Labute approximate surface area is 166 Å². The molecule has 1 N–H and O–H groups in total. The summed E-state index contributed by atoms with van der Waals surface area (Å²) in [5, 5.41) is 2.93. The van der Waals surface area contributed by atoms with Crippen LogP contribution in [0.15, 0.2) is 36.4 Å². The highest BCUT2D eigenvalue weighted by Gasteiger charge is 2.17. The molecular formula is C23H28N2O3. The fourth-order valence-corrected chi connectivity index (χ4v) is 3.98. The van der Waals surface area contributed by atoms with E-state index in [1.165, 1.54) is 16.7 Å². The molecule has 2 heterocycles. The third kappa shape index (κ3) is 4.47. The van der Waals surface area contributed by atoms with Crippen molar-refractivity contribution in [2.75, 3.05) is 32.1 Å². The summed E-state index contributed by atoms with van der Waals surface area (Å²) in [5.41, 5.74) is 4.92. The molecule has 0 saturated carbocycles. The number of amides is 1. The van der Waals surface area contributed by atoms with E-state index in [0.29, 0.717) is 13.0 Å². The van der Waals surface area contributed by atoms with Crippen LogP contribution in [0.3, 0.4) is 0 Å². The van der Waals surface area contributed by atoms with E-state index >= 15 is 0 Å². The number of fused-ring (bicyclic) bond motifs is 2. The number of hydrogen-bond donors (Lipinski definition) is 1. The molecule has 148 valence electrons. The smallest absolute Gasteiger partial charge is 0.224 e. The van der Waals surface area contributed by atoms with Gasteiger partial charge in [-0.05, 0) is 67.1 Å². The van der Waals surface area contributed by atoms with Crippen LogP contribution < -0.4 is 14.8 Å². The largest absolute Gasteiger partial charge is 0.497 e. The van der Waals surface area contributed by atoms with E-state index in [2.05, 4.69) is 34.5 Å². The predicted octanol–water partition coefficient (Wildman–Crippen LogP) is 3.80. The van der Waals surface area contributed by atoms with Gasteiger partial charge in [0, 0.05) is 31.3 Å². The second kappa shape index (κ2) is 8.65. The highest BCUT2D eigenvalue weighted by molar-refractivity contribution is 5.94. The maximum absolute atomic E-state index is 11.5. The van der Waals surface area contributed by atoms with E-state index in [1.807, 2.05) is 12.1 Å². The molecule has 0 aromatic heterocycles. The van der Waals surface area contributed by atoms with Gasteiger partial charge in [0.15, 0.2) is 0 Å². The molecule has 2 aromatic rings. The van der Waals surface area contributed by atoms with Crippen LogP contribution in [0, 0.1) is 0 Å².